The molecule has 3 aromatic rings. The smallest absolute Gasteiger partial charge is 0.104 e. The number of hydrogen-bond donors (Lipinski definition) is 0. The minimum Gasteiger partial charge on any atom is -0.250 e. The molecule has 3 rings (SSSR count). The van der Waals surface area contributed by atoms with Crippen molar-refractivity contribution in [3.8, 4) is 0 Å². The van der Waals surface area contributed by atoms with Gasteiger partial charge in [0, 0.05) is 5.39 Å². The summed E-state index contributed by atoms with van der Waals surface area (Å²) in [4.78, 5) is 9.25. The van der Waals surface area contributed by atoms with E-state index in [1.165, 1.54) is 15.6 Å². The summed E-state index contributed by atoms with van der Waals surface area (Å²) in [6.07, 6.45) is 0. The molecule has 0 N–H and O–H groups in total. The van der Waals surface area contributed by atoms with Crippen molar-refractivity contribution in [2.24, 2.45) is 0 Å². The molecule has 2 aromatic heterocycles. The molecule has 0 radical (unpaired) electrons. The van der Waals surface area contributed by atoms with Crippen molar-refractivity contribution in [3.63, 3.8) is 0 Å². The third-order valence-corrected chi connectivity index (χ3v) is 3.86. The molecule has 86 valence electrons. The number of rotatable bonds is 1. The van der Waals surface area contributed by atoms with Gasteiger partial charge in [0.2, 0.25) is 0 Å². The molecule has 0 unspecified atom stereocenters. The fourth-order valence-electron chi connectivity index (χ4n) is 2.13. The number of hydrogen-bond acceptors (Lipinski definition) is 3. The predicted molar refractivity (Wildman–Crippen MR) is 73.7 cm³/mol. The monoisotopic (exact) mass is 242 g/mol. The fourth-order valence-corrected chi connectivity index (χ4v) is 2.96. The number of aromatic nitrogens is 2. The van der Waals surface area contributed by atoms with Crippen LogP contribution in [0.3, 0.4) is 0 Å². The molecule has 0 bridgehead atoms. The third kappa shape index (κ3) is 1.62. The molecule has 2 nitrogen and oxygen atoms in total. The molecule has 0 saturated heterocycles. The van der Waals surface area contributed by atoms with Gasteiger partial charge in [-0.05, 0) is 24.5 Å². The quantitative estimate of drug-likeness (QED) is 0.636. The molecule has 0 saturated carbocycles. The zero-order chi connectivity index (χ0) is 12.0. The van der Waals surface area contributed by atoms with Crippen LogP contribution in [0.25, 0.3) is 21.1 Å². The first-order chi connectivity index (χ1) is 8.16. The average Bonchev–Trinajstić information content (AvgIpc) is 2.76. The van der Waals surface area contributed by atoms with Crippen LogP contribution >= 0.6 is 11.3 Å². The van der Waals surface area contributed by atoms with Gasteiger partial charge in [-0.3, -0.25) is 4.98 Å². The van der Waals surface area contributed by atoms with Gasteiger partial charge in [-0.25, -0.2) is 4.98 Å². The summed E-state index contributed by atoms with van der Waals surface area (Å²) in [5.41, 5.74) is 6.44. The molecule has 17 heavy (non-hydrogen) atoms. The van der Waals surface area contributed by atoms with Crippen molar-refractivity contribution in [2.75, 3.05) is 0 Å². The van der Waals surface area contributed by atoms with E-state index >= 15 is 0 Å². The molecule has 2 heterocycles. The minimum atomic E-state index is 0.407. The van der Waals surface area contributed by atoms with Gasteiger partial charge in [0.05, 0.1) is 21.4 Å². The zero-order valence-corrected chi connectivity index (χ0v) is 11.0. The summed E-state index contributed by atoms with van der Waals surface area (Å²) < 4.78 is 1.26. The lowest BCUT2D eigenvalue weighted by Gasteiger charge is -2.08. The number of thiazole rings is 1. The molecular weight excluding hydrogens is 228 g/mol. The molecule has 0 aliphatic carbocycles. The summed E-state index contributed by atoms with van der Waals surface area (Å²) in [7, 11) is 0. The summed E-state index contributed by atoms with van der Waals surface area (Å²) in [5, 5.41) is 1.22. The topological polar surface area (TPSA) is 25.8 Å². The number of fused-ring (bicyclic) bond motifs is 3. The zero-order valence-electron chi connectivity index (χ0n) is 10.2. The van der Waals surface area contributed by atoms with Gasteiger partial charge in [0.1, 0.15) is 5.52 Å². The van der Waals surface area contributed by atoms with E-state index in [9.17, 15) is 0 Å². The maximum atomic E-state index is 4.78. The van der Waals surface area contributed by atoms with E-state index < -0.39 is 0 Å². The molecule has 0 amide bonds. The average molecular weight is 242 g/mol. The van der Waals surface area contributed by atoms with Crippen molar-refractivity contribution in [2.45, 2.75) is 26.7 Å². The van der Waals surface area contributed by atoms with E-state index in [0.717, 1.165) is 16.7 Å². The van der Waals surface area contributed by atoms with Gasteiger partial charge < -0.3 is 0 Å². The highest BCUT2D eigenvalue weighted by Crippen LogP contribution is 2.32. The Hall–Kier alpha value is -1.48. The van der Waals surface area contributed by atoms with Crippen molar-refractivity contribution < 1.29 is 0 Å². The Morgan fingerprint density at radius 3 is 2.82 bits per heavy atom. The van der Waals surface area contributed by atoms with E-state index in [0.29, 0.717) is 5.92 Å². The largest absolute Gasteiger partial charge is 0.250 e. The van der Waals surface area contributed by atoms with Crippen LogP contribution in [0.15, 0.2) is 23.7 Å². The summed E-state index contributed by atoms with van der Waals surface area (Å²) in [6.45, 7) is 6.44. The van der Waals surface area contributed by atoms with Gasteiger partial charge in [-0.15, -0.1) is 11.3 Å². The second kappa shape index (κ2) is 3.77. The number of pyridine rings is 1. The van der Waals surface area contributed by atoms with Crippen LogP contribution in [0.1, 0.15) is 31.0 Å². The lowest BCUT2D eigenvalue weighted by Crippen LogP contribution is -1.95. The Morgan fingerprint density at radius 2 is 2.06 bits per heavy atom. The Kier molecular flexibility index (Phi) is 2.37. The SMILES string of the molecule is Cc1ccc2c(c1)nc(C(C)C)c1ncsc12. The van der Waals surface area contributed by atoms with Crippen molar-refractivity contribution >= 4 is 32.5 Å². The van der Waals surface area contributed by atoms with Crippen LogP contribution in [0.4, 0.5) is 0 Å². The lowest BCUT2D eigenvalue weighted by molar-refractivity contribution is 0.838. The highest BCUT2D eigenvalue weighted by atomic mass is 32.1. The maximum Gasteiger partial charge on any atom is 0.104 e. The van der Waals surface area contributed by atoms with Gasteiger partial charge in [-0.2, -0.15) is 0 Å². The van der Waals surface area contributed by atoms with Crippen LogP contribution in [-0.2, 0) is 0 Å². The van der Waals surface area contributed by atoms with E-state index in [1.807, 2.05) is 5.51 Å². The van der Waals surface area contributed by atoms with Gasteiger partial charge in [0.15, 0.2) is 0 Å². The standard InChI is InChI=1S/C14H14N2S/c1-8(2)12-13-14(17-7-15-13)10-5-4-9(3)6-11(10)16-12/h4-8H,1-3H3. The molecule has 1 aromatic carbocycles. The third-order valence-electron chi connectivity index (χ3n) is 3.00. The van der Waals surface area contributed by atoms with E-state index in [-0.39, 0.29) is 0 Å². The highest BCUT2D eigenvalue weighted by molar-refractivity contribution is 7.17. The van der Waals surface area contributed by atoms with E-state index in [1.54, 1.807) is 11.3 Å². The molecule has 0 aliphatic rings. The second-order valence-corrected chi connectivity index (χ2v) is 5.56. The van der Waals surface area contributed by atoms with Crippen LogP contribution in [-0.4, -0.2) is 9.97 Å². The predicted octanol–water partition coefficient (Wildman–Crippen LogP) is 4.28. The fraction of sp³-hybridized carbons (Fsp3) is 0.286. The number of aryl methyl sites for hydroxylation is 1. The second-order valence-electron chi connectivity index (χ2n) is 4.70. The first kappa shape index (κ1) is 10.7. The summed E-state index contributed by atoms with van der Waals surface area (Å²) >= 11 is 1.70. The van der Waals surface area contributed by atoms with Crippen molar-refractivity contribution in [1.82, 2.24) is 9.97 Å². The van der Waals surface area contributed by atoms with E-state index in [2.05, 4.69) is 44.0 Å². The lowest BCUT2D eigenvalue weighted by atomic mass is 10.1. The molecule has 0 fully saturated rings. The minimum absolute atomic E-state index is 0.407. The first-order valence-electron chi connectivity index (χ1n) is 5.80. The molecule has 0 spiro atoms. The Bertz CT molecular complexity index is 698. The maximum absolute atomic E-state index is 4.78. The Balaban J connectivity index is 2.51. The Morgan fingerprint density at radius 1 is 1.24 bits per heavy atom. The summed E-state index contributed by atoms with van der Waals surface area (Å²) in [5.74, 6) is 0.407. The molecule has 0 atom stereocenters. The Labute approximate surface area is 104 Å². The highest BCUT2D eigenvalue weighted by Gasteiger charge is 2.13. The van der Waals surface area contributed by atoms with Crippen molar-refractivity contribution in [3.05, 3.63) is 35.0 Å². The summed E-state index contributed by atoms with van der Waals surface area (Å²) in [6, 6.07) is 6.45. The number of benzene rings is 1. The normalized spacial score (nSPS) is 11.8. The van der Waals surface area contributed by atoms with Gasteiger partial charge in [0.25, 0.3) is 0 Å². The molecular formula is C14H14N2S. The number of nitrogens with zero attached hydrogens (tertiary/aromatic N) is 2. The van der Waals surface area contributed by atoms with E-state index in [4.69, 9.17) is 4.98 Å². The molecule has 0 aliphatic heterocycles. The molecule has 3 heteroatoms. The van der Waals surface area contributed by atoms with Crippen LogP contribution < -0.4 is 0 Å². The van der Waals surface area contributed by atoms with Gasteiger partial charge >= 0.3 is 0 Å². The van der Waals surface area contributed by atoms with Crippen LogP contribution in [0.2, 0.25) is 0 Å². The van der Waals surface area contributed by atoms with Gasteiger partial charge in [-0.1, -0.05) is 26.0 Å². The van der Waals surface area contributed by atoms with Crippen LogP contribution in [0, 0.1) is 6.92 Å². The van der Waals surface area contributed by atoms with Crippen molar-refractivity contribution in [1.29, 1.82) is 0 Å². The van der Waals surface area contributed by atoms with Crippen LogP contribution in [0.5, 0.6) is 0 Å². The first-order valence-corrected chi connectivity index (χ1v) is 6.68.